The number of amides is 1. The van der Waals surface area contributed by atoms with Gasteiger partial charge in [-0.2, -0.15) is 26.3 Å². The van der Waals surface area contributed by atoms with Gasteiger partial charge in [0.1, 0.15) is 6.54 Å². The zero-order chi connectivity index (χ0) is 18.0. The molecule has 1 N–H and O–H groups in total. The predicted octanol–water partition coefficient (Wildman–Crippen LogP) is 3.58. The molecule has 0 aliphatic heterocycles. The zero-order valence-electron chi connectivity index (χ0n) is 11.0. The Kier molecular flexibility index (Phi) is 5.67. The van der Waals surface area contributed by atoms with Crippen LogP contribution in [0.4, 0.5) is 32.0 Å². The first kappa shape index (κ1) is 19.3. The summed E-state index contributed by atoms with van der Waals surface area (Å²) in [4.78, 5) is 21.6. The molecule has 0 aliphatic carbocycles. The van der Waals surface area contributed by atoms with Crippen molar-refractivity contribution in [1.29, 1.82) is 0 Å². The second-order valence-corrected chi connectivity index (χ2v) is 4.82. The molecular formula is C12H8BrF6NO3. The molecule has 0 aliphatic rings. The summed E-state index contributed by atoms with van der Waals surface area (Å²) in [6.07, 6.45) is -10.3. The molecule has 0 fully saturated rings. The lowest BCUT2D eigenvalue weighted by molar-refractivity contribution is -0.171. The Hall–Kier alpha value is -1.78. The maximum Gasteiger partial charge on any atom is 0.471 e. The number of anilines is 1. The number of carbonyl (C=O) groups is 2. The lowest BCUT2D eigenvalue weighted by Crippen LogP contribution is -2.44. The molecule has 1 rings (SSSR count). The third-order valence-electron chi connectivity index (χ3n) is 2.64. The number of hydrogen-bond acceptors (Lipinski definition) is 2. The molecule has 0 spiro atoms. The van der Waals surface area contributed by atoms with Gasteiger partial charge in [0.25, 0.3) is 0 Å². The van der Waals surface area contributed by atoms with E-state index in [1.165, 1.54) is 0 Å². The molecule has 0 heterocycles. The van der Waals surface area contributed by atoms with Gasteiger partial charge in [-0.05, 0) is 17.7 Å². The van der Waals surface area contributed by atoms with Gasteiger partial charge in [-0.1, -0.05) is 22.0 Å². The highest BCUT2D eigenvalue weighted by Gasteiger charge is 2.44. The first-order chi connectivity index (χ1) is 10.4. The van der Waals surface area contributed by atoms with Crippen LogP contribution in [-0.4, -0.2) is 29.7 Å². The molecule has 1 aromatic rings. The van der Waals surface area contributed by atoms with Crippen LogP contribution < -0.4 is 4.90 Å². The molecule has 23 heavy (non-hydrogen) atoms. The van der Waals surface area contributed by atoms with Crippen LogP contribution in [-0.2, 0) is 21.1 Å². The Morgan fingerprint density at radius 3 is 2.09 bits per heavy atom. The molecule has 1 aromatic carbocycles. The maximum absolute atomic E-state index is 12.9. The van der Waals surface area contributed by atoms with Crippen molar-refractivity contribution in [1.82, 2.24) is 0 Å². The maximum atomic E-state index is 12.9. The number of carboxylic acids is 1. The first-order valence-electron chi connectivity index (χ1n) is 5.74. The topological polar surface area (TPSA) is 57.6 Å². The van der Waals surface area contributed by atoms with E-state index in [0.717, 1.165) is 12.1 Å². The molecule has 0 radical (unpaired) electrons. The van der Waals surface area contributed by atoms with Crippen molar-refractivity contribution in [2.24, 2.45) is 0 Å². The third kappa shape index (κ3) is 4.85. The number of aliphatic carboxylic acids is 1. The van der Waals surface area contributed by atoms with Gasteiger partial charge in [0.15, 0.2) is 0 Å². The van der Waals surface area contributed by atoms with Gasteiger partial charge in [0, 0.05) is 11.0 Å². The summed E-state index contributed by atoms with van der Waals surface area (Å²) in [6, 6.07) is 1.99. The van der Waals surface area contributed by atoms with Gasteiger partial charge in [0.05, 0.1) is 5.56 Å². The minimum absolute atomic E-state index is 0.228. The molecule has 128 valence electrons. The summed E-state index contributed by atoms with van der Waals surface area (Å²) in [7, 11) is 0. The molecule has 0 unspecified atom stereocenters. The van der Waals surface area contributed by atoms with E-state index in [2.05, 4.69) is 15.9 Å². The molecule has 1 amide bonds. The summed E-state index contributed by atoms with van der Waals surface area (Å²) < 4.78 is 76.2. The minimum atomic E-state index is -5.43. The van der Waals surface area contributed by atoms with Crippen LogP contribution in [0.5, 0.6) is 0 Å². The van der Waals surface area contributed by atoms with Crippen molar-refractivity contribution in [2.45, 2.75) is 17.7 Å². The van der Waals surface area contributed by atoms with E-state index in [4.69, 9.17) is 5.11 Å². The van der Waals surface area contributed by atoms with Crippen molar-refractivity contribution in [3.8, 4) is 0 Å². The number of carboxylic acid groups (broad SMARTS) is 1. The van der Waals surface area contributed by atoms with Gasteiger partial charge in [-0.25, -0.2) is 0 Å². The molecule has 0 bridgehead atoms. The molecular weight excluding hydrogens is 400 g/mol. The number of rotatable bonds is 4. The van der Waals surface area contributed by atoms with Crippen molar-refractivity contribution in [3.05, 3.63) is 29.3 Å². The van der Waals surface area contributed by atoms with E-state index in [0.29, 0.717) is 6.07 Å². The fourth-order valence-corrected chi connectivity index (χ4v) is 2.17. The number of carbonyl (C=O) groups excluding carboxylic acids is 1. The molecule has 11 heteroatoms. The van der Waals surface area contributed by atoms with E-state index in [-0.39, 0.29) is 15.8 Å². The van der Waals surface area contributed by atoms with E-state index in [9.17, 15) is 35.9 Å². The summed E-state index contributed by atoms with van der Waals surface area (Å²) >= 11 is 2.81. The van der Waals surface area contributed by atoms with Crippen LogP contribution in [0.2, 0.25) is 0 Å². The van der Waals surface area contributed by atoms with Gasteiger partial charge >= 0.3 is 24.2 Å². The Balaban J connectivity index is 3.43. The number of nitrogens with zero attached hydrogens (tertiary/aromatic N) is 1. The van der Waals surface area contributed by atoms with Crippen molar-refractivity contribution in [3.63, 3.8) is 0 Å². The summed E-state index contributed by atoms with van der Waals surface area (Å²) in [5, 5.41) is 8.37. The summed E-state index contributed by atoms with van der Waals surface area (Å²) in [5.74, 6) is -4.37. The Morgan fingerprint density at radius 1 is 1.13 bits per heavy atom. The Morgan fingerprint density at radius 2 is 1.70 bits per heavy atom. The SMILES string of the molecule is O=C(O)CN(C(=O)C(F)(F)F)c1ccc(CBr)c(C(F)(F)F)c1. The lowest BCUT2D eigenvalue weighted by Gasteiger charge is -2.23. The number of halogens is 7. The average molecular weight is 408 g/mol. The highest BCUT2D eigenvalue weighted by atomic mass is 79.9. The fraction of sp³-hybridized carbons (Fsp3) is 0.333. The van der Waals surface area contributed by atoms with Gasteiger partial charge in [-0.15, -0.1) is 0 Å². The van der Waals surface area contributed by atoms with E-state index < -0.39 is 42.0 Å². The van der Waals surface area contributed by atoms with Gasteiger partial charge < -0.3 is 5.11 Å². The van der Waals surface area contributed by atoms with Gasteiger partial charge in [-0.3, -0.25) is 14.5 Å². The normalized spacial score (nSPS) is 12.1. The van der Waals surface area contributed by atoms with Crippen LogP contribution in [0.25, 0.3) is 0 Å². The fourth-order valence-electron chi connectivity index (χ4n) is 1.68. The molecule has 0 saturated heterocycles. The third-order valence-corrected chi connectivity index (χ3v) is 3.24. The average Bonchev–Trinajstić information content (AvgIpc) is 2.41. The molecule has 0 aromatic heterocycles. The monoisotopic (exact) mass is 407 g/mol. The summed E-state index contributed by atoms with van der Waals surface area (Å²) in [5.41, 5.74) is -2.35. The number of alkyl halides is 7. The van der Waals surface area contributed by atoms with Crippen LogP contribution in [0.1, 0.15) is 11.1 Å². The van der Waals surface area contributed by atoms with E-state index in [1.807, 2.05) is 0 Å². The quantitative estimate of drug-likeness (QED) is 0.612. The highest BCUT2D eigenvalue weighted by molar-refractivity contribution is 9.08. The minimum Gasteiger partial charge on any atom is -0.480 e. The highest BCUT2D eigenvalue weighted by Crippen LogP contribution is 2.36. The largest absolute Gasteiger partial charge is 0.480 e. The second-order valence-electron chi connectivity index (χ2n) is 4.26. The van der Waals surface area contributed by atoms with Crippen molar-refractivity contribution >= 4 is 33.5 Å². The van der Waals surface area contributed by atoms with Crippen LogP contribution in [0.15, 0.2) is 18.2 Å². The molecule has 4 nitrogen and oxygen atoms in total. The number of benzene rings is 1. The van der Waals surface area contributed by atoms with Crippen LogP contribution in [0, 0.1) is 0 Å². The smallest absolute Gasteiger partial charge is 0.471 e. The second kappa shape index (κ2) is 6.77. The van der Waals surface area contributed by atoms with Crippen LogP contribution in [0.3, 0.4) is 0 Å². The van der Waals surface area contributed by atoms with Crippen molar-refractivity contribution < 1.29 is 41.0 Å². The van der Waals surface area contributed by atoms with Crippen molar-refractivity contribution in [2.75, 3.05) is 11.4 Å². The first-order valence-corrected chi connectivity index (χ1v) is 6.86. The van der Waals surface area contributed by atoms with E-state index in [1.54, 1.807) is 0 Å². The lowest BCUT2D eigenvalue weighted by atomic mass is 10.1. The molecule has 0 atom stereocenters. The van der Waals surface area contributed by atoms with Crippen LogP contribution >= 0.6 is 15.9 Å². The zero-order valence-corrected chi connectivity index (χ0v) is 12.6. The van der Waals surface area contributed by atoms with Gasteiger partial charge in [0.2, 0.25) is 0 Å². The number of hydrogen-bond donors (Lipinski definition) is 1. The Bertz CT molecular complexity index is 614. The predicted molar refractivity (Wildman–Crippen MR) is 70.1 cm³/mol. The van der Waals surface area contributed by atoms with E-state index >= 15 is 0 Å². The molecule has 0 saturated carbocycles. The summed E-state index contributed by atoms with van der Waals surface area (Å²) in [6.45, 7) is -1.43. The standard InChI is InChI=1S/C12H8BrF6NO3/c13-4-6-1-2-7(3-8(6)11(14,15)16)20(5-9(21)22)10(23)12(17,18)19/h1-3H,4-5H2,(H,21,22). The Labute approximate surface area is 133 Å².